The summed E-state index contributed by atoms with van der Waals surface area (Å²) in [5, 5.41) is 16.3. The molecule has 23 heavy (non-hydrogen) atoms. The summed E-state index contributed by atoms with van der Waals surface area (Å²) >= 11 is 0. The zero-order valence-corrected chi connectivity index (χ0v) is 14.0. The van der Waals surface area contributed by atoms with Crippen LogP contribution in [0.1, 0.15) is 35.5 Å². The summed E-state index contributed by atoms with van der Waals surface area (Å²) in [6, 6.07) is 5.92. The van der Waals surface area contributed by atoms with Gasteiger partial charge in [-0.3, -0.25) is 0 Å². The van der Waals surface area contributed by atoms with E-state index in [1.165, 1.54) is 0 Å². The molecular formula is C17H24N2O4. The van der Waals surface area contributed by atoms with Crippen molar-refractivity contribution in [3.63, 3.8) is 0 Å². The highest BCUT2D eigenvalue weighted by molar-refractivity contribution is 5.43. The second kappa shape index (κ2) is 7.99. The number of rotatable bonds is 8. The van der Waals surface area contributed by atoms with Crippen molar-refractivity contribution in [2.24, 2.45) is 0 Å². The van der Waals surface area contributed by atoms with Gasteiger partial charge in [0.25, 0.3) is 0 Å². The van der Waals surface area contributed by atoms with Gasteiger partial charge in [0.2, 0.25) is 0 Å². The topological polar surface area (TPSA) is 76.8 Å². The summed E-state index contributed by atoms with van der Waals surface area (Å²) < 4.78 is 16.0. The third-order valence-electron chi connectivity index (χ3n) is 3.80. The largest absolute Gasteiger partial charge is 0.493 e. The molecule has 126 valence electrons. The smallest absolute Gasteiger partial charge is 0.161 e. The Morgan fingerprint density at radius 3 is 2.70 bits per heavy atom. The number of hydrogen-bond donors (Lipinski definition) is 2. The number of aromatic nitrogens is 1. The van der Waals surface area contributed by atoms with Gasteiger partial charge in [0.15, 0.2) is 11.5 Å². The first kappa shape index (κ1) is 17.3. The van der Waals surface area contributed by atoms with E-state index in [9.17, 15) is 0 Å². The van der Waals surface area contributed by atoms with Crippen molar-refractivity contribution in [2.45, 2.75) is 33.4 Å². The lowest BCUT2D eigenvalue weighted by Crippen LogP contribution is -2.19. The number of hydrogen-bond acceptors (Lipinski definition) is 6. The molecule has 0 saturated heterocycles. The van der Waals surface area contributed by atoms with E-state index < -0.39 is 0 Å². The minimum Gasteiger partial charge on any atom is -0.493 e. The summed E-state index contributed by atoms with van der Waals surface area (Å²) in [5.41, 5.74) is 3.09. The molecule has 0 aliphatic heterocycles. The summed E-state index contributed by atoms with van der Waals surface area (Å²) in [7, 11) is 1.60. The molecule has 0 radical (unpaired) electrons. The number of ether oxygens (including phenoxy) is 2. The Balaban J connectivity index is 2.05. The van der Waals surface area contributed by atoms with Crippen LogP contribution in [-0.4, -0.2) is 30.6 Å². The Hall–Kier alpha value is -2.05. The third kappa shape index (κ3) is 4.24. The second-order valence-corrected chi connectivity index (χ2v) is 5.39. The first-order valence-electron chi connectivity index (χ1n) is 7.63. The van der Waals surface area contributed by atoms with Gasteiger partial charge in [-0.2, -0.15) is 0 Å². The van der Waals surface area contributed by atoms with E-state index in [1.807, 2.05) is 32.0 Å². The van der Waals surface area contributed by atoms with Crippen LogP contribution in [0.5, 0.6) is 11.5 Å². The molecular weight excluding hydrogens is 296 g/mol. The summed E-state index contributed by atoms with van der Waals surface area (Å²) in [5.74, 6) is 2.12. The van der Waals surface area contributed by atoms with Gasteiger partial charge in [-0.15, -0.1) is 0 Å². The average molecular weight is 320 g/mol. The molecule has 2 rings (SSSR count). The molecule has 2 N–H and O–H groups in total. The van der Waals surface area contributed by atoms with Gasteiger partial charge in [-0.1, -0.05) is 11.2 Å². The molecule has 0 bridgehead atoms. The molecule has 0 spiro atoms. The standard InChI is InChI=1S/C17H24N2O4/c1-11(18-10-15-12(2)19-23-13(15)3)14-5-6-16(22-8-7-20)17(9-14)21-4/h5-6,9,11,18,20H,7-8,10H2,1-4H3. The van der Waals surface area contributed by atoms with Crippen molar-refractivity contribution >= 4 is 0 Å². The maximum atomic E-state index is 8.85. The van der Waals surface area contributed by atoms with Crippen molar-refractivity contribution in [2.75, 3.05) is 20.3 Å². The molecule has 2 aromatic rings. The van der Waals surface area contributed by atoms with Crippen LogP contribution in [0.2, 0.25) is 0 Å². The van der Waals surface area contributed by atoms with E-state index in [-0.39, 0.29) is 19.3 Å². The van der Waals surface area contributed by atoms with Gasteiger partial charge in [0.05, 0.1) is 19.4 Å². The highest BCUT2D eigenvalue weighted by atomic mass is 16.5. The maximum Gasteiger partial charge on any atom is 0.161 e. The first-order valence-corrected chi connectivity index (χ1v) is 7.63. The predicted octanol–water partition coefficient (Wildman–Crippen LogP) is 2.52. The molecule has 1 heterocycles. The second-order valence-electron chi connectivity index (χ2n) is 5.39. The van der Waals surface area contributed by atoms with Crippen molar-refractivity contribution in [3.05, 3.63) is 40.8 Å². The molecule has 6 nitrogen and oxygen atoms in total. The van der Waals surface area contributed by atoms with E-state index >= 15 is 0 Å². The summed E-state index contributed by atoms with van der Waals surface area (Å²) in [6.45, 7) is 6.84. The number of aryl methyl sites for hydroxylation is 2. The molecule has 1 aromatic carbocycles. The van der Waals surface area contributed by atoms with Gasteiger partial charge < -0.3 is 24.4 Å². The van der Waals surface area contributed by atoms with Crippen LogP contribution in [0, 0.1) is 13.8 Å². The number of aliphatic hydroxyl groups is 1. The lowest BCUT2D eigenvalue weighted by Gasteiger charge is -2.17. The lowest BCUT2D eigenvalue weighted by molar-refractivity contribution is 0.196. The molecule has 0 aliphatic carbocycles. The molecule has 1 atom stereocenters. The van der Waals surface area contributed by atoms with Crippen LogP contribution in [0.15, 0.2) is 22.7 Å². The van der Waals surface area contributed by atoms with E-state index in [4.69, 9.17) is 19.1 Å². The third-order valence-corrected chi connectivity index (χ3v) is 3.80. The molecule has 1 aromatic heterocycles. The number of nitrogens with zero attached hydrogens (tertiary/aromatic N) is 1. The zero-order chi connectivity index (χ0) is 16.8. The maximum absolute atomic E-state index is 8.85. The molecule has 0 amide bonds. The van der Waals surface area contributed by atoms with Gasteiger partial charge in [-0.05, 0) is 38.5 Å². The van der Waals surface area contributed by atoms with Crippen molar-refractivity contribution in [1.29, 1.82) is 0 Å². The molecule has 0 fully saturated rings. The average Bonchev–Trinajstić information content (AvgIpc) is 2.88. The SMILES string of the molecule is COc1cc(C(C)NCc2c(C)noc2C)ccc1OCCO. The number of methoxy groups -OCH3 is 1. The molecule has 0 aliphatic rings. The summed E-state index contributed by atoms with van der Waals surface area (Å²) in [4.78, 5) is 0. The van der Waals surface area contributed by atoms with Gasteiger partial charge in [0.1, 0.15) is 12.4 Å². The number of nitrogens with one attached hydrogen (secondary N) is 1. The Kier molecular flexibility index (Phi) is 6.01. The van der Waals surface area contributed by atoms with Crippen molar-refractivity contribution in [3.8, 4) is 11.5 Å². The molecule has 0 saturated carbocycles. The van der Waals surface area contributed by atoms with Crippen LogP contribution < -0.4 is 14.8 Å². The monoisotopic (exact) mass is 320 g/mol. The fourth-order valence-electron chi connectivity index (χ4n) is 2.36. The van der Waals surface area contributed by atoms with Crippen LogP contribution in [-0.2, 0) is 6.54 Å². The normalized spacial score (nSPS) is 12.2. The van der Waals surface area contributed by atoms with Gasteiger partial charge in [-0.25, -0.2) is 0 Å². The number of aliphatic hydroxyl groups excluding tert-OH is 1. The van der Waals surface area contributed by atoms with Gasteiger partial charge in [0, 0.05) is 18.2 Å². The van der Waals surface area contributed by atoms with E-state index in [0.29, 0.717) is 18.0 Å². The Labute approximate surface area is 136 Å². The Morgan fingerprint density at radius 2 is 2.09 bits per heavy atom. The van der Waals surface area contributed by atoms with E-state index in [1.54, 1.807) is 7.11 Å². The highest BCUT2D eigenvalue weighted by Gasteiger charge is 2.13. The highest BCUT2D eigenvalue weighted by Crippen LogP contribution is 2.30. The van der Waals surface area contributed by atoms with E-state index in [2.05, 4.69) is 17.4 Å². The zero-order valence-electron chi connectivity index (χ0n) is 14.0. The Morgan fingerprint density at radius 1 is 1.30 bits per heavy atom. The molecule has 1 unspecified atom stereocenters. The summed E-state index contributed by atoms with van der Waals surface area (Å²) in [6.07, 6.45) is 0. The predicted molar refractivity (Wildman–Crippen MR) is 86.8 cm³/mol. The van der Waals surface area contributed by atoms with E-state index in [0.717, 1.165) is 22.6 Å². The first-order chi connectivity index (χ1) is 11.1. The quantitative estimate of drug-likeness (QED) is 0.778. The van der Waals surface area contributed by atoms with Crippen LogP contribution in [0.3, 0.4) is 0 Å². The van der Waals surface area contributed by atoms with Crippen LogP contribution in [0.25, 0.3) is 0 Å². The number of benzene rings is 1. The molecule has 6 heteroatoms. The minimum absolute atomic E-state index is 0.0275. The van der Waals surface area contributed by atoms with Gasteiger partial charge >= 0.3 is 0 Å². The minimum atomic E-state index is -0.0275. The van der Waals surface area contributed by atoms with Crippen molar-refractivity contribution in [1.82, 2.24) is 10.5 Å². The Bertz CT molecular complexity index is 620. The van der Waals surface area contributed by atoms with Crippen LogP contribution in [0.4, 0.5) is 0 Å². The fraction of sp³-hybridized carbons (Fsp3) is 0.471. The van der Waals surface area contributed by atoms with Crippen LogP contribution >= 0.6 is 0 Å². The van der Waals surface area contributed by atoms with Crippen molar-refractivity contribution < 1.29 is 19.1 Å². The fourth-order valence-corrected chi connectivity index (χ4v) is 2.36. The lowest BCUT2D eigenvalue weighted by atomic mass is 10.1.